The predicted molar refractivity (Wildman–Crippen MR) is 94.4 cm³/mol. The Bertz CT molecular complexity index is 738. The normalized spacial score (nSPS) is 20.7. The maximum absolute atomic E-state index is 12.7. The highest BCUT2D eigenvalue weighted by atomic mass is 32.1. The molecule has 0 unspecified atom stereocenters. The van der Waals surface area contributed by atoms with Crippen LogP contribution in [0.4, 0.5) is 0 Å². The van der Waals surface area contributed by atoms with Crippen molar-refractivity contribution in [1.82, 2.24) is 10.3 Å². The summed E-state index contributed by atoms with van der Waals surface area (Å²) >= 11 is 1.42. The van der Waals surface area contributed by atoms with Crippen LogP contribution < -0.4 is 5.32 Å². The van der Waals surface area contributed by atoms with Crippen LogP contribution in [-0.2, 0) is 9.53 Å². The minimum Gasteiger partial charge on any atom is -0.469 e. The third kappa shape index (κ3) is 3.92. The van der Waals surface area contributed by atoms with Crippen molar-refractivity contribution in [2.45, 2.75) is 45.1 Å². The molecular formula is C18H22N2O4S. The maximum Gasteiger partial charge on any atom is 0.310 e. The van der Waals surface area contributed by atoms with Crippen LogP contribution in [0.3, 0.4) is 0 Å². The molecule has 0 saturated heterocycles. The number of nitrogens with one attached hydrogen (secondary N) is 1. The van der Waals surface area contributed by atoms with Crippen LogP contribution in [-0.4, -0.2) is 30.0 Å². The molecule has 25 heavy (non-hydrogen) atoms. The van der Waals surface area contributed by atoms with Gasteiger partial charge in [-0.25, -0.2) is 4.98 Å². The van der Waals surface area contributed by atoms with Gasteiger partial charge in [0.15, 0.2) is 10.8 Å². The number of aryl methyl sites for hydroxylation is 1. The number of aromatic nitrogens is 1. The molecule has 2 aromatic heterocycles. The number of methoxy groups -OCH3 is 1. The van der Waals surface area contributed by atoms with Crippen molar-refractivity contribution in [3.05, 3.63) is 29.0 Å². The Hall–Kier alpha value is -2.15. The molecule has 1 aliphatic rings. The first kappa shape index (κ1) is 17.7. The third-order valence-electron chi connectivity index (χ3n) is 4.58. The van der Waals surface area contributed by atoms with Crippen LogP contribution in [0.1, 0.15) is 47.5 Å². The summed E-state index contributed by atoms with van der Waals surface area (Å²) in [6.45, 7) is 1.86. The summed E-state index contributed by atoms with van der Waals surface area (Å²) in [4.78, 5) is 30.1. The Kier molecular flexibility index (Phi) is 5.53. The average Bonchev–Trinajstić information content (AvgIpc) is 3.20. The number of thiazole rings is 1. The van der Waals surface area contributed by atoms with Gasteiger partial charge in [-0.15, -0.1) is 11.3 Å². The smallest absolute Gasteiger partial charge is 0.310 e. The van der Waals surface area contributed by atoms with Gasteiger partial charge >= 0.3 is 5.97 Å². The Morgan fingerprint density at radius 3 is 2.84 bits per heavy atom. The first-order chi connectivity index (χ1) is 12.1. The van der Waals surface area contributed by atoms with Gasteiger partial charge in [0.1, 0.15) is 5.69 Å². The van der Waals surface area contributed by atoms with Gasteiger partial charge in [-0.3, -0.25) is 9.59 Å². The van der Waals surface area contributed by atoms with Gasteiger partial charge in [0.05, 0.1) is 19.3 Å². The highest BCUT2D eigenvalue weighted by Gasteiger charge is 2.32. The van der Waals surface area contributed by atoms with E-state index in [-0.39, 0.29) is 23.8 Å². The summed E-state index contributed by atoms with van der Waals surface area (Å²) in [5.74, 6) is -0.139. The molecule has 0 spiro atoms. The van der Waals surface area contributed by atoms with E-state index in [9.17, 15) is 9.59 Å². The van der Waals surface area contributed by atoms with Crippen LogP contribution in [0.15, 0.2) is 22.8 Å². The molecule has 1 aliphatic carbocycles. The second-order valence-electron chi connectivity index (χ2n) is 6.25. The fraction of sp³-hybridized carbons (Fsp3) is 0.500. The Balaban J connectivity index is 1.77. The summed E-state index contributed by atoms with van der Waals surface area (Å²) in [5.41, 5.74) is 0.393. The van der Waals surface area contributed by atoms with Gasteiger partial charge in [-0.1, -0.05) is 19.3 Å². The molecule has 6 nitrogen and oxygen atoms in total. The summed E-state index contributed by atoms with van der Waals surface area (Å²) in [6, 6.07) is 3.40. The summed E-state index contributed by atoms with van der Waals surface area (Å²) in [7, 11) is 1.40. The van der Waals surface area contributed by atoms with Gasteiger partial charge in [-0.05, 0) is 31.9 Å². The highest BCUT2D eigenvalue weighted by Crippen LogP contribution is 2.29. The number of ether oxygens (including phenoxy) is 1. The number of carbonyl (C=O) groups excluding carboxylic acids is 2. The second-order valence-corrected chi connectivity index (χ2v) is 7.45. The lowest BCUT2D eigenvalue weighted by Crippen LogP contribution is -2.43. The van der Waals surface area contributed by atoms with Crippen molar-refractivity contribution in [1.29, 1.82) is 0 Å². The molecular weight excluding hydrogens is 340 g/mol. The Morgan fingerprint density at radius 1 is 1.32 bits per heavy atom. The number of hydrogen-bond donors (Lipinski definition) is 1. The number of carbonyl (C=O) groups is 2. The van der Waals surface area contributed by atoms with E-state index >= 15 is 0 Å². The zero-order valence-corrected chi connectivity index (χ0v) is 15.2. The van der Waals surface area contributed by atoms with Crippen LogP contribution >= 0.6 is 11.3 Å². The molecule has 0 aliphatic heterocycles. The lowest BCUT2D eigenvalue weighted by molar-refractivity contribution is -0.146. The Morgan fingerprint density at radius 2 is 2.12 bits per heavy atom. The Labute approximate surface area is 150 Å². The van der Waals surface area contributed by atoms with E-state index in [4.69, 9.17) is 9.15 Å². The standard InChI is InChI=1S/C18H22N2O4S/c1-11-15(20-17(25-11)14-9-6-10-24-14)16(21)19-13-8-5-3-4-7-12(13)18(22)23-2/h6,9-10,12-13H,3-5,7-8H2,1-2H3,(H,19,21)/t12-,13+/m0/s1. The zero-order valence-electron chi connectivity index (χ0n) is 14.4. The summed E-state index contributed by atoms with van der Waals surface area (Å²) in [6.07, 6.45) is 6.14. The number of hydrogen-bond acceptors (Lipinski definition) is 6. The first-order valence-electron chi connectivity index (χ1n) is 8.50. The SMILES string of the molecule is COC(=O)[C@H]1CCCCC[C@H]1NC(=O)c1nc(-c2ccco2)sc1C. The average molecular weight is 362 g/mol. The molecule has 0 bridgehead atoms. The molecule has 7 heteroatoms. The molecule has 1 N–H and O–H groups in total. The van der Waals surface area contributed by atoms with Crippen LogP contribution in [0.25, 0.3) is 10.8 Å². The largest absolute Gasteiger partial charge is 0.469 e. The minimum atomic E-state index is -0.292. The first-order valence-corrected chi connectivity index (χ1v) is 9.31. The number of nitrogens with zero attached hydrogens (tertiary/aromatic N) is 1. The van der Waals surface area contributed by atoms with Gasteiger partial charge in [0.25, 0.3) is 5.91 Å². The van der Waals surface area contributed by atoms with E-state index in [2.05, 4.69) is 10.3 Å². The molecule has 2 aromatic rings. The van der Waals surface area contributed by atoms with Crippen LogP contribution in [0.2, 0.25) is 0 Å². The van der Waals surface area contributed by atoms with Crippen molar-refractivity contribution in [2.24, 2.45) is 5.92 Å². The molecule has 1 amide bonds. The van der Waals surface area contributed by atoms with E-state index in [0.29, 0.717) is 16.5 Å². The highest BCUT2D eigenvalue weighted by molar-refractivity contribution is 7.15. The van der Waals surface area contributed by atoms with E-state index < -0.39 is 0 Å². The van der Waals surface area contributed by atoms with E-state index in [0.717, 1.165) is 37.0 Å². The lowest BCUT2D eigenvalue weighted by Gasteiger charge is -2.23. The fourth-order valence-electron chi connectivity index (χ4n) is 3.26. The van der Waals surface area contributed by atoms with E-state index in [1.165, 1.54) is 18.4 Å². The topological polar surface area (TPSA) is 81.4 Å². The molecule has 2 heterocycles. The van der Waals surface area contributed by atoms with Crippen molar-refractivity contribution in [2.75, 3.05) is 7.11 Å². The van der Waals surface area contributed by atoms with E-state index in [1.54, 1.807) is 12.3 Å². The molecule has 0 aromatic carbocycles. The van der Waals surface area contributed by atoms with Gasteiger partial charge in [0.2, 0.25) is 0 Å². The van der Waals surface area contributed by atoms with Crippen molar-refractivity contribution < 1.29 is 18.7 Å². The second kappa shape index (κ2) is 7.82. The lowest BCUT2D eigenvalue weighted by atomic mass is 9.94. The molecule has 0 radical (unpaired) electrons. The number of rotatable bonds is 4. The van der Waals surface area contributed by atoms with Gasteiger partial charge in [0, 0.05) is 10.9 Å². The summed E-state index contributed by atoms with van der Waals surface area (Å²) in [5, 5.41) is 3.69. The predicted octanol–water partition coefficient (Wildman–Crippen LogP) is 3.56. The van der Waals surface area contributed by atoms with Crippen LogP contribution in [0.5, 0.6) is 0 Å². The maximum atomic E-state index is 12.7. The number of esters is 1. The zero-order chi connectivity index (χ0) is 17.8. The monoisotopic (exact) mass is 362 g/mol. The van der Waals surface area contributed by atoms with Crippen molar-refractivity contribution in [3.8, 4) is 10.8 Å². The van der Waals surface area contributed by atoms with Gasteiger partial charge < -0.3 is 14.5 Å². The quantitative estimate of drug-likeness (QED) is 0.664. The molecule has 134 valence electrons. The number of amides is 1. The molecule has 1 saturated carbocycles. The van der Waals surface area contributed by atoms with E-state index in [1.807, 2.05) is 13.0 Å². The number of furan rings is 1. The molecule has 3 rings (SSSR count). The molecule has 1 fully saturated rings. The van der Waals surface area contributed by atoms with Gasteiger partial charge in [-0.2, -0.15) is 0 Å². The van der Waals surface area contributed by atoms with Crippen LogP contribution in [0, 0.1) is 12.8 Å². The minimum absolute atomic E-state index is 0.212. The van der Waals surface area contributed by atoms with Crippen molar-refractivity contribution in [3.63, 3.8) is 0 Å². The summed E-state index contributed by atoms with van der Waals surface area (Å²) < 4.78 is 10.3. The fourth-order valence-corrected chi connectivity index (χ4v) is 4.14. The van der Waals surface area contributed by atoms with Crippen molar-refractivity contribution >= 4 is 23.2 Å². The molecule has 2 atom stereocenters. The third-order valence-corrected chi connectivity index (χ3v) is 5.57.